The molecule has 114 valence electrons. The smallest absolute Gasteiger partial charge is 0.331 e. The molecule has 1 aromatic carbocycles. The fourth-order valence-electron chi connectivity index (χ4n) is 2.39. The Balaban J connectivity index is 2.39. The molecule has 1 unspecified atom stereocenters. The van der Waals surface area contributed by atoms with Gasteiger partial charge >= 0.3 is 5.97 Å². The number of amides is 1. The van der Waals surface area contributed by atoms with Crippen molar-refractivity contribution in [2.75, 3.05) is 19.8 Å². The predicted octanol–water partition coefficient (Wildman–Crippen LogP) is 1.84. The second-order valence-electron chi connectivity index (χ2n) is 4.80. The Hall–Kier alpha value is -2.24. The number of aliphatic carboxylic acids is 1. The highest BCUT2D eigenvalue weighted by atomic mass is 16.5. The van der Waals surface area contributed by atoms with Gasteiger partial charge in [0.15, 0.2) is 17.5 Å². The van der Waals surface area contributed by atoms with E-state index in [0.717, 1.165) is 6.42 Å². The van der Waals surface area contributed by atoms with E-state index >= 15 is 0 Å². The summed E-state index contributed by atoms with van der Waals surface area (Å²) in [5.74, 6) is -0.222. The minimum absolute atomic E-state index is 0.281. The second kappa shape index (κ2) is 6.47. The second-order valence-corrected chi connectivity index (χ2v) is 4.80. The minimum Gasteiger partial charge on any atom is -0.490 e. The molecule has 0 fully saturated rings. The van der Waals surface area contributed by atoms with E-state index in [0.29, 0.717) is 36.8 Å². The molecule has 0 bridgehead atoms. The quantitative estimate of drug-likeness (QED) is 0.916. The van der Waals surface area contributed by atoms with Gasteiger partial charge in [-0.1, -0.05) is 6.07 Å². The van der Waals surface area contributed by atoms with Crippen molar-refractivity contribution in [1.82, 2.24) is 4.90 Å². The molecule has 1 aliphatic rings. The molecule has 1 atom stereocenters. The molecule has 6 heteroatoms. The number of hydrogen-bond donors (Lipinski definition) is 1. The third kappa shape index (κ3) is 3.26. The van der Waals surface area contributed by atoms with Crippen LogP contribution in [0.1, 0.15) is 31.9 Å². The van der Waals surface area contributed by atoms with Crippen molar-refractivity contribution in [3.63, 3.8) is 0 Å². The summed E-state index contributed by atoms with van der Waals surface area (Å²) in [4.78, 5) is 24.5. The maximum Gasteiger partial charge on any atom is 0.331 e. The normalized spacial score (nSPS) is 15.0. The van der Waals surface area contributed by atoms with Gasteiger partial charge in [0, 0.05) is 19.9 Å². The highest BCUT2D eigenvalue weighted by molar-refractivity contribution is 5.83. The Morgan fingerprint density at radius 1 is 1.29 bits per heavy atom. The van der Waals surface area contributed by atoms with E-state index in [4.69, 9.17) is 9.47 Å². The van der Waals surface area contributed by atoms with Gasteiger partial charge < -0.3 is 19.5 Å². The van der Waals surface area contributed by atoms with Crippen molar-refractivity contribution in [1.29, 1.82) is 0 Å². The average Bonchev–Trinajstić information content (AvgIpc) is 2.68. The van der Waals surface area contributed by atoms with Crippen LogP contribution < -0.4 is 9.47 Å². The standard InChI is InChI=1S/C15H19NO5/c1-3-16(10(2)17)14(15(18)19)11-5-6-12-13(9-11)21-8-4-7-20-12/h5-6,9,14H,3-4,7-8H2,1-2H3,(H,18,19). The van der Waals surface area contributed by atoms with Crippen molar-refractivity contribution in [2.24, 2.45) is 0 Å². The van der Waals surface area contributed by atoms with Crippen LogP contribution in [0.15, 0.2) is 18.2 Å². The van der Waals surface area contributed by atoms with Crippen molar-refractivity contribution in [2.45, 2.75) is 26.3 Å². The molecular weight excluding hydrogens is 274 g/mol. The molecule has 6 nitrogen and oxygen atoms in total. The molecule has 0 aromatic heterocycles. The summed E-state index contributed by atoms with van der Waals surface area (Å²) < 4.78 is 11.1. The summed E-state index contributed by atoms with van der Waals surface area (Å²) >= 11 is 0. The van der Waals surface area contributed by atoms with Gasteiger partial charge in [-0.05, 0) is 24.6 Å². The Labute approximate surface area is 123 Å². The topological polar surface area (TPSA) is 76.1 Å². The van der Waals surface area contributed by atoms with Crippen LogP contribution in [0.25, 0.3) is 0 Å². The van der Waals surface area contributed by atoms with Crippen LogP contribution in [-0.2, 0) is 9.59 Å². The molecule has 0 aliphatic carbocycles. The van der Waals surface area contributed by atoms with Crippen molar-refractivity contribution in [3.05, 3.63) is 23.8 Å². The van der Waals surface area contributed by atoms with Crippen LogP contribution in [0.5, 0.6) is 11.5 Å². The lowest BCUT2D eigenvalue weighted by Crippen LogP contribution is -2.37. The van der Waals surface area contributed by atoms with E-state index in [-0.39, 0.29) is 5.91 Å². The first-order chi connectivity index (χ1) is 10.0. The third-order valence-corrected chi connectivity index (χ3v) is 3.38. The molecule has 21 heavy (non-hydrogen) atoms. The fourth-order valence-corrected chi connectivity index (χ4v) is 2.39. The zero-order valence-corrected chi connectivity index (χ0v) is 12.2. The minimum atomic E-state index is -1.07. The number of carbonyl (C=O) groups is 2. The number of benzene rings is 1. The first-order valence-electron chi connectivity index (χ1n) is 6.94. The molecule has 0 saturated heterocycles. The maximum absolute atomic E-state index is 11.6. The zero-order chi connectivity index (χ0) is 15.4. The molecule has 2 rings (SSSR count). The van der Waals surface area contributed by atoms with Gasteiger partial charge in [0.1, 0.15) is 0 Å². The zero-order valence-electron chi connectivity index (χ0n) is 12.2. The molecule has 1 aliphatic heterocycles. The Kier molecular flexibility index (Phi) is 4.67. The van der Waals surface area contributed by atoms with Crippen LogP contribution >= 0.6 is 0 Å². The first kappa shape index (κ1) is 15.2. The van der Waals surface area contributed by atoms with E-state index in [1.165, 1.54) is 11.8 Å². The first-order valence-corrected chi connectivity index (χ1v) is 6.94. The van der Waals surface area contributed by atoms with Gasteiger partial charge in [-0.25, -0.2) is 4.79 Å². The number of carboxylic acids is 1. The lowest BCUT2D eigenvalue weighted by molar-refractivity contribution is -0.149. The number of carbonyl (C=O) groups excluding carboxylic acids is 1. The third-order valence-electron chi connectivity index (χ3n) is 3.38. The van der Waals surface area contributed by atoms with E-state index in [2.05, 4.69) is 0 Å². The summed E-state index contributed by atoms with van der Waals surface area (Å²) in [7, 11) is 0. The number of rotatable bonds is 4. The number of carboxylic acid groups (broad SMARTS) is 1. The summed E-state index contributed by atoms with van der Waals surface area (Å²) in [6.07, 6.45) is 0.779. The maximum atomic E-state index is 11.6. The van der Waals surface area contributed by atoms with Crippen LogP contribution in [0, 0.1) is 0 Å². The highest BCUT2D eigenvalue weighted by Crippen LogP contribution is 2.34. The summed E-state index contributed by atoms with van der Waals surface area (Å²) in [6.45, 7) is 4.53. The number of ether oxygens (including phenoxy) is 2. The predicted molar refractivity (Wildman–Crippen MR) is 75.5 cm³/mol. The van der Waals surface area contributed by atoms with Gasteiger partial charge in [-0.15, -0.1) is 0 Å². The Morgan fingerprint density at radius 3 is 2.52 bits per heavy atom. The van der Waals surface area contributed by atoms with Crippen molar-refractivity contribution >= 4 is 11.9 Å². The molecule has 0 radical (unpaired) electrons. The summed E-state index contributed by atoms with van der Waals surface area (Å²) in [5.41, 5.74) is 0.504. The molecular formula is C15H19NO5. The molecule has 1 N–H and O–H groups in total. The summed E-state index contributed by atoms with van der Waals surface area (Å²) in [5, 5.41) is 9.47. The van der Waals surface area contributed by atoms with Crippen molar-refractivity contribution < 1.29 is 24.2 Å². The molecule has 1 amide bonds. The highest BCUT2D eigenvalue weighted by Gasteiger charge is 2.29. The van der Waals surface area contributed by atoms with Crippen LogP contribution in [0.2, 0.25) is 0 Å². The van der Waals surface area contributed by atoms with Crippen LogP contribution in [-0.4, -0.2) is 41.6 Å². The fraction of sp³-hybridized carbons (Fsp3) is 0.467. The lowest BCUT2D eigenvalue weighted by Gasteiger charge is -2.27. The Bertz CT molecular complexity index is 543. The number of hydrogen-bond acceptors (Lipinski definition) is 4. The van der Waals surface area contributed by atoms with E-state index in [1.54, 1.807) is 25.1 Å². The van der Waals surface area contributed by atoms with E-state index < -0.39 is 12.0 Å². The SMILES string of the molecule is CCN(C(C)=O)C(C(=O)O)c1ccc2c(c1)OCCCO2. The van der Waals surface area contributed by atoms with Crippen LogP contribution in [0.3, 0.4) is 0 Å². The largest absolute Gasteiger partial charge is 0.490 e. The summed E-state index contributed by atoms with van der Waals surface area (Å²) in [6, 6.07) is 3.98. The van der Waals surface area contributed by atoms with Gasteiger partial charge in [-0.3, -0.25) is 4.79 Å². The van der Waals surface area contributed by atoms with Crippen molar-refractivity contribution in [3.8, 4) is 11.5 Å². The van der Waals surface area contributed by atoms with E-state index in [1.807, 2.05) is 0 Å². The van der Waals surface area contributed by atoms with E-state index in [9.17, 15) is 14.7 Å². The number of fused-ring (bicyclic) bond motifs is 1. The molecule has 1 heterocycles. The number of nitrogens with zero attached hydrogens (tertiary/aromatic N) is 1. The molecule has 0 spiro atoms. The van der Waals surface area contributed by atoms with Crippen LogP contribution in [0.4, 0.5) is 0 Å². The monoisotopic (exact) mass is 293 g/mol. The molecule has 0 saturated carbocycles. The van der Waals surface area contributed by atoms with Gasteiger partial charge in [0.2, 0.25) is 5.91 Å². The Morgan fingerprint density at radius 2 is 1.95 bits per heavy atom. The van der Waals surface area contributed by atoms with Gasteiger partial charge in [0.25, 0.3) is 0 Å². The van der Waals surface area contributed by atoms with Gasteiger partial charge in [-0.2, -0.15) is 0 Å². The lowest BCUT2D eigenvalue weighted by atomic mass is 10.0. The van der Waals surface area contributed by atoms with Gasteiger partial charge in [0.05, 0.1) is 13.2 Å². The number of likely N-dealkylation sites (N-methyl/N-ethyl adjacent to an activating group) is 1. The average molecular weight is 293 g/mol. The molecule has 1 aromatic rings.